The zero-order valence-corrected chi connectivity index (χ0v) is 6.51. The minimum atomic E-state index is -0.667. The van der Waals surface area contributed by atoms with Crippen molar-refractivity contribution in [3.05, 3.63) is 0 Å². The van der Waals surface area contributed by atoms with E-state index in [1.807, 2.05) is 0 Å². The van der Waals surface area contributed by atoms with Gasteiger partial charge in [-0.05, 0) is 6.92 Å². The van der Waals surface area contributed by atoms with Gasteiger partial charge in [-0.2, -0.15) is 0 Å². The Labute approximate surface area is 60.6 Å². The smallest absolute Gasteiger partial charge is 0.239 e. The van der Waals surface area contributed by atoms with Crippen LogP contribution in [0.15, 0.2) is 0 Å². The lowest BCUT2D eigenvalue weighted by Crippen LogP contribution is -2.26. The van der Waals surface area contributed by atoms with Crippen LogP contribution in [0.1, 0.15) is 6.92 Å². The van der Waals surface area contributed by atoms with Gasteiger partial charge in [0, 0.05) is 14.2 Å². The number of rotatable bonds is 4. The van der Waals surface area contributed by atoms with E-state index < -0.39 is 6.29 Å². The Morgan fingerprint density at radius 3 is 2.20 bits per heavy atom. The lowest BCUT2D eigenvalue weighted by molar-refractivity contribution is -0.0662. The standard InChI is InChI=1S/C6H13NO3/c1-4-10-5(7)6(8-2)9-3/h6-7H,4H2,1-3H3. The van der Waals surface area contributed by atoms with Gasteiger partial charge in [-0.3, -0.25) is 5.41 Å². The van der Waals surface area contributed by atoms with Crippen LogP contribution in [0, 0.1) is 5.41 Å². The summed E-state index contributed by atoms with van der Waals surface area (Å²) < 4.78 is 14.3. The summed E-state index contributed by atoms with van der Waals surface area (Å²) in [5.41, 5.74) is 0. The number of hydrogen-bond donors (Lipinski definition) is 1. The highest BCUT2D eigenvalue weighted by Gasteiger charge is 2.12. The Morgan fingerprint density at radius 1 is 1.40 bits per heavy atom. The topological polar surface area (TPSA) is 51.5 Å². The summed E-state index contributed by atoms with van der Waals surface area (Å²) in [6, 6.07) is 0. The molecule has 0 fully saturated rings. The van der Waals surface area contributed by atoms with Crippen LogP contribution >= 0.6 is 0 Å². The summed E-state index contributed by atoms with van der Waals surface area (Å²) in [7, 11) is 2.92. The summed E-state index contributed by atoms with van der Waals surface area (Å²) in [5, 5.41) is 7.17. The highest BCUT2D eigenvalue weighted by atomic mass is 16.7. The lowest BCUT2D eigenvalue weighted by atomic mass is 10.6. The third-order valence-corrected chi connectivity index (χ3v) is 0.942. The van der Waals surface area contributed by atoms with Crippen LogP contribution in [0.5, 0.6) is 0 Å². The SMILES string of the molecule is CCOC(=N)C(OC)OC. The predicted octanol–water partition coefficient (Wildman–Crippen LogP) is 0.619. The summed E-state index contributed by atoms with van der Waals surface area (Å²) in [6.07, 6.45) is -0.667. The van der Waals surface area contributed by atoms with Crippen molar-refractivity contribution in [1.29, 1.82) is 5.41 Å². The molecule has 4 heteroatoms. The van der Waals surface area contributed by atoms with Crippen molar-refractivity contribution in [2.75, 3.05) is 20.8 Å². The zero-order chi connectivity index (χ0) is 7.98. The molecule has 60 valence electrons. The van der Waals surface area contributed by atoms with Crippen molar-refractivity contribution in [2.24, 2.45) is 0 Å². The van der Waals surface area contributed by atoms with Crippen LogP contribution in [0.2, 0.25) is 0 Å². The average molecular weight is 147 g/mol. The predicted molar refractivity (Wildman–Crippen MR) is 37.2 cm³/mol. The second kappa shape index (κ2) is 5.20. The van der Waals surface area contributed by atoms with Gasteiger partial charge in [0.15, 0.2) is 0 Å². The minimum Gasteiger partial charge on any atom is -0.478 e. The van der Waals surface area contributed by atoms with Crippen LogP contribution in [0.25, 0.3) is 0 Å². The van der Waals surface area contributed by atoms with Gasteiger partial charge in [0.25, 0.3) is 0 Å². The van der Waals surface area contributed by atoms with Crippen molar-refractivity contribution in [1.82, 2.24) is 0 Å². The number of hydrogen-bond acceptors (Lipinski definition) is 4. The fourth-order valence-electron chi connectivity index (χ4n) is 0.534. The number of ether oxygens (including phenoxy) is 3. The summed E-state index contributed by atoms with van der Waals surface area (Å²) in [5.74, 6) is 0.00694. The van der Waals surface area contributed by atoms with E-state index in [0.717, 1.165) is 0 Å². The fourth-order valence-corrected chi connectivity index (χ4v) is 0.534. The van der Waals surface area contributed by atoms with Gasteiger partial charge in [-0.1, -0.05) is 0 Å². The largest absolute Gasteiger partial charge is 0.478 e. The first-order chi connectivity index (χ1) is 4.76. The first-order valence-corrected chi connectivity index (χ1v) is 3.03. The molecular formula is C6H13NO3. The van der Waals surface area contributed by atoms with Crippen molar-refractivity contribution in [2.45, 2.75) is 13.2 Å². The monoisotopic (exact) mass is 147 g/mol. The molecule has 1 N–H and O–H groups in total. The molecule has 0 radical (unpaired) electrons. The molecule has 0 spiro atoms. The molecule has 0 aliphatic carbocycles. The van der Waals surface area contributed by atoms with Gasteiger partial charge < -0.3 is 14.2 Å². The number of methoxy groups -OCH3 is 2. The molecular weight excluding hydrogens is 134 g/mol. The molecule has 0 saturated carbocycles. The van der Waals surface area contributed by atoms with Crippen LogP contribution < -0.4 is 0 Å². The third-order valence-electron chi connectivity index (χ3n) is 0.942. The molecule has 0 aliphatic rings. The fraction of sp³-hybridized carbons (Fsp3) is 0.833. The van der Waals surface area contributed by atoms with Crippen molar-refractivity contribution >= 4 is 5.90 Å². The van der Waals surface area contributed by atoms with Crippen LogP contribution in [-0.4, -0.2) is 33.0 Å². The second-order valence-corrected chi connectivity index (χ2v) is 1.60. The summed E-state index contributed by atoms with van der Waals surface area (Å²) in [6.45, 7) is 2.26. The molecule has 0 atom stereocenters. The van der Waals surface area contributed by atoms with Crippen LogP contribution in [0.4, 0.5) is 0 Å². The van der Waals surface area contributed by atoms with E-state index in [0.29, 0.717) is 6.61 Å². The van der Waals surface area contributed by atoms with Crippen molar-refractivity contribution < 1.29 is 14.2 Å². The van der Waals surface area contributed by atoms with E-state index in [4.69, 9.17) is 19.6 Å². The van der Waals surface area contributed by atoms with Crippen molar-refractivity contribution in [3.8, 4) is 0 Å². The Kier molecular flexibility index (Phi) is 4.88. The van der Waals surface area contributed by atoms with Crippen LogP contribution in [-0.2, 0) is 14.2 Å². The summed E-state index contributed by atoms with van der Waals surface area (Å²) >= 11 is 0. The third kappa shape index (κ3) is 2.80. The van der Waals surface area contributed by atoms with E-state index >= 15 is 0 Å². The molecule has 0 unspecified atom stereocenters. The van der Waals surface area contributed by atoms with E-state index in [9.17, 15) is 0 Å². The highest BCUT2D eigenvalue weighted by Crippen LogP contribution is 1.94. The first-order valence-electron chi connectivity index (χ1n) is 3.03. The summed E-state index contributed by atoms with van der Waals surface area (Å²) in [4.78, 5) is 0. The average Bonchev–Trinajstić information content (AvgIpc) is 1.91. The normalized spacial score (nSPS) is 10.0. The molecule has 0 aliphatic heterocycles. The Hall–Kier alpha value is -0.610. The van der Waals surface area contributed by atoms with Gasteiger partial charge in [-0.25, -0.2) is 0 Å². The molecule has 0 aromatic carbocycles. The van der Waals surface area contributed by atoms with E-state index in [2.05, 4.69) is 0 Å². The molecule has 0 bridgehead atoms. The second-order valence-electron chi connectivity index (χ2n) is 1.60. The molecule has 0 aromatic rings. The van der Waals surface area contributed by atoms with Crippen LogP contribution in [0.3, 0.4) is 0 Å². The number of nitrogens with one attached hydrogen (secondary N) is 1. The Balaban J connectivity index is 3.65. The van der Waals surface area contributed by atoms with E-state index in [-0.39, 0.29) is 5.90 Å². The molecule has 4 nitrogen and oxygen atoms in total. The Bertz CT molecular complexity index is 101. The molecule has 10 heavy (non-hydrogen) atoms. The molecule has 0 heterocycles. The van der Waals surface area contributed by atoms with E-state index in [1.54, 1.807) is 6.92 Å². The van der Waals surface area contributed by atoms with Gasteiger partial charge >= 0.3 is 0 Å². The van der Waals surface area contributed by atoms with Gasteiger partial charge in [0.05, 0.1) is 6.61 Å². The lowest BCUT2D eigenvalue weighted by Gasteiger charge is -2.13. The maximum atomic E-state index is 7.17. The van der Waals surface area contributed by atoms with Gasteiger partial charge in [0.1, 0.15) is 0 Å². The quantitative estimate of drug-likeness (QED) is 0.360. The molecule has 0 saturated heterocycles. The molecule has 0 rings (SSSR count). The highest BCUT2D eigenvalue weighted by molar-refractivity contribution is 5.76. The maximum absolute atomic E-state index is 7.17. The zero-order valence-electron chi connectivity index (χ0n) is 6.51. The van der Waals surface area contributed by atoms with E-state index in [1.165, 1.54) is 14.2 Å². The molecule has 0 aromatic heterocycles. The van der Waals surface area contributed by atoms with Gasteiger partial charge in [0.2, 0.25) is 12.2 Å². The van der Waals surface area contributed by atoms with Gasteiger partial charge in [-0.15, -0.1) is 0 Å². The van der Waals surface area contributed by atoms with Crippen molar-refractivity contribution in [3.63, 3.8) is 0 Å². The minimum absolute atomic E-state index is 0.00694. The molecule has 0 amide bonds. The first kappa shape index (κ1) is 9.39. The Morgan fingerprint density at radius 2 is 1.90 bits per heavy atom. The maximum Gasteiger partial charge on any atom is 0.239 e.